The summed E-state index contributed by atoms with van der Waals surface area (Å²) in [6.07, 6.45) is -0.180. The monoisotopic (exact) mass is 369 g/mol. The van der Waals surface area contributed by atoms with Crippen molar-refractivity contribution in [3.63, 3.8) is 0 Å². The number of rotatable bonds is 4. The summed E-state index contributed by atoms with van der Waals surface area (Å²) < 4.78 is 13.0. The maximum absolute atomic E-state index is 13.0. The van der Waals surface area contributed by atoms with Gasteiger partial charge in [0.25, 0.3) is 5.91 Å². The number of hydrogen-bond donors (Lipinski definition) is 2. The first kappa shape index (κ1) is 18.6. The Morgan fingerprint density at radius 2 is 1.89 bits per heavy atom. The van der Waals surface area contributed by atoms with Crippen LogP contribution in [0.2, 0.25) is 0 Å². The first-order valence-corrected chi connectivity index (χ1v) is 8.65. The molecule has 2 N–H and O–H groups in total. The summed E-state index contributed by atoms with van der Waals surface area (Å²) in [6, 6.07) is 11.6. The lowest BCUT2D eigenvalue weighted by Gasteiger charge is -2.35. The van der Waals surface area contributed by atoms with E-state index in [4.69, 9.17) is 0 Å². The van der Waals surface area contributed by atoms with Crippen molar-refractivity contribution in [1.29, 1.82) is 0 Å². The van der Waals surface area contributed by atoms with E-state index in [0.717, 1.165) is 5.56 Å². The summed E-state index contributed by atoms with van der Waals surface area (Å²) in [7, 11) is 0. The van der Waals surface area contributed by atoms with Crippen LogP contribution in [0.1, 0.15) is 22.3 Å². The van der Waals surface area contributed by atoms with Gasteiger partial charge in [0, 0.05) is 24.3 Å². The van der Waals surface area contributed by atoms with E-state index in [9.17, 15) is 18.8 Å². The maximum atomic E-state index is 13.0. The molecule has 3 rings (SSSR count). The largest absolute Gasteiger partial charge is 0.353 e. The molecule has 0 unspecified atom stereocenters. The number of carbonyl (C=O) groups excluding carboxylic acids is 3. The molecule has 0 radical (unpaired) electrons. The Labute approximate surface area is 156 Å². The smallest absolute Gasteiger partial charge is 0.254 e. The zero-order chi connectivity index (χ0) is 19.4. The topological polar surface area (TPSA) is 78.5 Å². The van der Waals surface area contributed by atoms with E-state index in [2.05, 4.69) is 10.6 Å². The molecule has 2 aromatic carbocycles. The second-order valence-corrected chi connectivity index (χ2v) is 6.38. The van der Waals surface area contributed by atoms with Crippen molar-refractivity contribution < 1.29 is 18.8 Å². The van der Waals surface area contributed by atoms with Crippen LogP contribution in [-0.2, 0) is 9.59 Å². The van der Waals surface area contributed by atoms with Crippen molar-refractivity contribution in [2.24, 2.45) is 0 Å². The first-order valence-electron chi connectivity index (χ1n) is 8.65. The first-order chi connectivity index (χ1) is 13.0. The molecule has 7 heteroatoms. The molecular weight excluding hydrogens is 349 g/mol. The Morgan fingerprint density at radius 1 is 1.19 bits per heavy atom. The summed E-state index contributed by atoms with van der Waals surface area (Å²) in [5.74, 6) is -1.47. The van der Waals surface area contributed by atoms with Crippen LogP contribution in [0.15, 0.2) is 48.5 Å². The van der Waals surface area contributed by atoms with Crippen molar-refractivity contribution in [3.05, 3.63) is 65.5 Å². The Morgan fingerprint density at radius 3 is 2.59 bits per heavy atom. The van der Waals surface area contributed by atoms with Crippen molar-refractivity contribution in [1.82, 2.24) is 10.2 Å². The predicted octanol–water partition coefficient (Wildman–Crippen LogP) is 2.10. The van der Waals surface area contributed by atoms with E-state index in [1.54, 1.807) is 12.1 Å². The fraction of sp³-hybridized carbons (Fsp3) is 0.250. The number of piperazine rings is 1. The van der Waals surface area contributed by atoms with Gasteiger partial charge in [0.1, 0.15) is 11.9 Å². The maximum Gasteiger partial charge on any atom is 0.254 e. The molecule has 1 aliphatic heterocycles. The summed E-state index contributed by atoms with van der Waals surface area (Å²) in [4.78, 5) is 39.0. The van der Waals surface area contributed by atoms with Crippen molar-refractivity contribution in [2.45, 2.75) is 19.4 Å². The minimum atomic E-state index is -0.897. The number of aryl methyl sites for hydroxylation is 1. The average molecular weight is 369 g/mol. The van der Waals surface area contributed by atoms with Crippen LogP contribution in [0, 0.1) is 12.7 Å². The SMILES string of the molecule is Cc1ccccc1C(=O)N1CCNC(=O)[C@H]1CC(=O)Nc1ccc(F)cc1. The lowest BCUT2D eigenvalue weighted by Crippen LogP contribution is -2.58. The van der Waals surface area contributed by atoms with Gasteiger partial charge < -0.3 is 15.5 Å². The van der Waals surface area contributed by atoms with E-state index in [1.807, 2.05) is 19.1 Å². The normalized spacial score (nSPS) is 16.6. The molecule has 2 aromatic rings. The lowest BCUT2D eigenvalue weighted by molar-refractivity contribution is -0.131. The van der Waals surface area contributed by atoms with Gasteiger partial charge in [-0.15, -0.1) is 0 Å². The van der Waals surface area contributed by atoms with Gasteiger partial charge in [-0.2, -0.15) is 0 Å². The third-order valence-corrected chi connectivity index (χ3v) is 4.47. The summed E-state index contributed by atoms with van der Waals surface area (Å²) in [6.45, 7) is 2.49. The highest BCUT2D eigenvalue weighted by Gasteiger charge is 2.35. The highest BCUT2D eigenvalue weighted by Crippen LogP contribution is 2.17. The van der Waals surface area contributed by atoms with Gasteiger partial charge in [-0.05, 0) is 42.8 Å². The number of anilines is 1. The van der Waals surface area contributed by atoms with Gasteiger partial charge in [0.2, 0.25) is 11.8 Å². The molecule has 0 bridgehead atoms. The quantitative estimate of drug-likeness (QED) is 0.866. The number of carbonyl (C=O) groups is 3. The fourth-order valence-electron chi connectivity index (χ4n) is 3.05. The van der Waals surface area contributed by atoms with Crippen LogP contribution in [-0.4, -0.2) is 41.8 Å². The molecule has 3 amide bonds. The number of amides is 3. The number of benzene rings is 2. The van der Waals surface area contributed by atoms with E-state index in [1.165, 1.54) is 29.2 Å². The van der Waals surface area contributed by atoms with Crippen molar-refractivity contribution in [2.75, 3.05) is 18.4 Å². The summed E-state index contributed by atoms with van der Waals surface area (Å²) >= 11 is 0. The molecule has 0 spiro atoms. The minimum Gasteiger partial charge on any atom is -0.353 e. The predicted molar refractivity (Wildman–Crippen MR) is 98.7 cm³/mol. The summed E-state index contributed by atoms with van der Waals surface area (Å²) in [5.41, 5.74) is 1.74. The van der Waals surface area contributed by atoms with E-state index in [-0.39, 0.29) is 18.2 Å². The molecular formula is C20H20FN3O3. The third-order valence-electron chi connectivity index (χ3n) is 4.47. The molecule has 0 aliphatic carbocycles. The number of hydrogen-bond acceptors (Lipinski definition) is 3. The van der Waals surface area contributed by atoms with Gasteiger partial charge in [0.05, 0.1) is 6.42 Å². The van der Waals surface area contributed by atoms with Crippen LogP contribution < -0.4 is 10.6 Å². The van der Waals surface area contributed by atoms with E-state index < -0.39 is 17.8 Å². The average Bonchev–Trinajstić information content (AvgIpc) is 2.65. The van der Waals surface area contributed by atoms with E-state index >= 15 is 0 Å². The number of nitrogens with zero attached hydrogens (tertiary/aromatic N) is 1. The van der Waals surface area contributed by atoms with E-state index in [0.29, 0.717) is 24.3 Å². The minimum absolute atomic E-state index is 0.180. The Kier molecular flexibility index (Phi) is 5.49. The molecule has 27 heavy (non-hydrogen) atoms. The second kappa shape index (κ2) is 7.99. The van der Waals surface area contributed by atoms with Gasteiger partial charge in [-0.1, -0.05) is 18.2 Å². The Bertz CT molecular complexity index is 867. The molecule has 140 valence electrons. The van der Waals surface area contributed by atoms with Crippen LogP contribution in [0.5, 0.6) is 0 Å². The van der Waals surface area contributed by atoms with Gasteiger partial charge >= 0.3 is 0 Å². The van der Waals surface area contributed by atoms with Gasteiger partial charge in [-0.3, -0.25) is 14.4 Å². The lowest BCUT2D eigenvalue weighted by atomic mass is 10.0. The number of halogens is 1. The van der Waals surface area contributed by atoms with Crippen molar-refractivity contribution >= 4 is 23.4 Å². The third kappa shape index (κ3) is 4.31. The Balaban J connectivity index is 1.75. The molecule has 1 atom stereocenters. The van der Waals surface area contributed by atoms with Crippen LogP contribution in [0.4, 0.5) is 10.1 Å². The van der Waals surface area contributed by atoms with Crippen LogP contribution in [0.3, 0.4) is 0 Å². The van der Waals surface area contributed by atoms with Gasteiger partial charge in [-0.25, -0.2) is 4.39 Å². The van der Waals surface area contributed by atoms with Crippen molar-refractivity contribution in [3.8, 4) is 0 Å². The summed E-state index contributed by atoms with van der Waals surface area (Å²) in [5, 5.41) is 5.32. The molecule has 0 saturated carbocycles. The molecule has 6 nitrogen and oxygen atoms in total. The highest BCUT2D eigenvalue weighted by atomic mass is 19.1. The molecule has 1 heterocycles. The Hall–Kier alpha value is -3.22. The molecule has 1 aliphatic rings. The second-order valence-electron chi connectivity index (χ2n) is 6.38. The fourth-order valence-corrected chi connectivity index (χ4v) is 3.05. The molecule has 0 aromatic heterocycles. The highest BCUT2D eigenvalue weighted by molar-refractivity contribution is 6.01. The molecule has 1 saturated heterocycles. The van der Waals surface area contributed by atoms with Crippen LogP contribution in [0.25, 0.3) is 0 Å². The zero-order valence-electron chi connectivity index (χ0n) is 14.9. The number of nitrogens with one attached hydrogen (secondary N) is 2. The molecule has 1 fully saturated rings. The van der Waals surface area contributed by atoms with Gasteiger partial charge in [0.15, 0.2) is 0 Å². The zero-order valence-corrected chi connectivity index (χ0v) is 14.9. The standard InChI is InChI=1S/C20H20FN3O3/c1-13-4-2-3-5-16(13)20(27)24-11-10-22-19(26)17(24)12-18(25)23-15-8-6-14(21)7-9-15/h2-9,17H,10-12H2,1H3,(H,22,26)(H,23,25)/t17-/m1/s1. The van der Waals surface area contributed by atoms with Crippen LogP contribution >= 0.6 is 0 Å².